The summed E-state index contributed by atoms with van der Waals surface area (Å²) < 4.78 is 11.4. The third-order valence-electron chi connectivity index (χ3n) is 3.42. The molecule has 2 rings (SSSR count). The number of rotatable bonds is 9. The van der Waals surface area contributed by atoms with Crippen LogP contribution in [0.15, 0.2) is 48.5 Å². The largest absolute Gasteiger partial charge is 0.494 e. The first-order valence-corrected chi connectivity index (χ1v) is 7.89. The third-order valence-corrected chi connectivity index (χ3v) is 3.42. The molecule has 0 aromatic heterocycles. The SMILES string of the molecule is Cc1cccc(OCCCCOc2ccc(CCN)cc2)c1. The lowest BCUT2D eigenvalue weighted by Gasteiger charge is -2.08. The molecule has 0 unspecified atom stereocenters. The van der Waals surface area contributed by atoms with Crippen molar-refractivity contribution in [1.82, 2.24) is 0 Å². The molecular weight excluding hydrogens is 274 g/mol. The lowest BCUT2D eigenvalue weighted by atomic mass is 10.1. The summed E-state index contributed by atoms with van der Waals surface area (Å²) in [6.07, 6.45) is 2.88. The molecule has 0 aliphatic heterocycles. The van der Waals surface area contributed by atoms with E-state index in [1.54, 1.807) is 0 Å². The summed E-state index contributed by atoms with van der Waals surface area (Å²) in [4.78, 5) is 0. The first kappa shape index (κ1) is 16.4. The second kappa shape index (κ2) is 9.11. The Labute approximate surface area is 133 Å². The number of unbranched alkanes of at least 4 members (excludes halogenated alkanes) is 1. The number of nitrogens with two attached hydrogens (primary N) is 1. The Balaban J connectivity index is 1.59. The topological polar surface area (TPSA) is 44.5 Å². The van der Waals surface area contributed by atoms with E-state index in [1.807, 2.05) is 24.3 Å². The fourth-order valence-corrected chi connectivity index (χ4v) is 2.21. The first-order valence-electron chi connectivity index (χ1n) is 7.89. The van der Waals surface area contributed by atoms with Crippen LogP contribution in [0.3, 0.4) is 0 Å². The zero-order chi connectivity index (χ0) is 15.6. The zero-order valence-electron chi connectivity index (χ0n) is 13.3. The lowest BCUT2D eigenvalue weighted by Crippen LogP contribution is -2.04. The minimum atomic E-state index is 0.682. The van der Waals surface area contributed by atoms with Crippen LogP contribution in [0.1, 0.15) is 24.0 Å². The van der Waals surface area contributed by atoms with Crippen LogP contribution in [0, 0.1) is 6.92 Å². The molecule has 3 heteroatoms. The molecule has 118 valence electrons. The average Bonchev–Trinajstić information content (AvgIpc) is 2.53. The van der Waals surface area contributed by atoms with E-state index in [1.165, 1.54) is 11.1 Å². The summed E-state index contributed by atoms with van der Waals surface area (Å²) in [6.45, 7) is 4.19. The van der Waals surface area contributed by atoms with Gasteiger partial charge in [0.05, 0.1) is 13.2 Å². The Kier molecular flexibility index (Phi) is 6.78. The summed E-state index contributed by atoms with van der Waals surface area (Å²) in [5, 5.41) is 0. The number of hydrogen-bond acceptors (Lipinski definition) is 3. The van der Waals surface area contributed by atoms with Gasteiger partial charge < -0.3 is 15.2 Å². The summed E-state index contributed by atoms with van der Waals surface area (Å²) >= 11 is 0. The highest BCUT2D eigenvalue weighted by Gasteiger charge is 1.97. The Morgan fingerprint density at radius 1 is 0.864 bits per heavy atom. The van der Waals surface area contributed by atoms with Crippen molar-refractivity contribution in [1.29, 1.82) is 0 Å². The molecule has 0 saturated carbocycles. The van der Waals surface area contributed by atoms with E-state index in [9.17, 15) is 0 Å². The van der Waals surface area contributed by atoms with Gasteiger partial charge in [0.25, 0.3) is 0 Å². The van der Waals surface area contributed by atoms with Gasteiger partial charge in [0.15, 0.2) is 0 Å². The maximum Gasteiger partial charge on any atom is 0.119 e. The molecule has 0 aliphatic rings. The normalized spacial score (nSPS) is 10.5. The first-order chi connectivity index (χ1) is 10.8. The predicted octanol–water partition coefficient (Wildman–Crippen LogP) is 3.73. The fourth-order valence-electron chi connectivity index (χ4n) is 2.21. The highest BCUT2D eigenvalue weighted by Crippen LogP contribution is 2.14. The molecule has 2 N–H and O–H groups in total. The predicted molar refractivity (Wildman–Crippen MR) is 90.6 cm³/mol. The molecule has 0 atom stereocenters. The molecule has 0 fully saturated rings. The van der Waals surface area contributed by atoms with Crippen molar-refractivity contribution in [3.05, 3.63) is 59.7 Å². The van der Waals surface area contributed by atoms with Crippen LogP contribution in [0.2, 0.25) is 0 Å². The van der Waals surface area contributed by atoms with Crippen LogP contribution in [0.4, 0.5) is 0 Å². The van der Waals surface area contributed by atoms with Crippen LogP contribution in [-0.4, -0.2) is 19.8 Å². The van der Waals surface area contributed by atoms with Gasteiger partial charge in [-0.05, 0) is 68.1 Å². The molecule has 0 aliphatic carbocycles. The highest BCUT2D eigenvalue weighted by molar-refractivity contribution is 5.28. The van der Waals surface area contributed by atoms with Crippen LogP contribution in [0.25, 0.3) is 0 Å². The Morgan fingerprint density at radius 3 is 2.18 bits per heavy atom. The minimum absolute atomic E-state index is 0.682. The standard InChI is InChI=1S/C19H25NO2/c1-16-5-4-6-19(15-16)22-14-3-2-13-21-18-9-7-17(8-10-18)11-12-20/h4-10,15H,2-3,11-14,20H2,1H3. The van der Waals surface area contributed by atoms with Crippen LogP contribution in [-0.2, 0) is 6.42 Å². The van der Waals surface area contributed by atoms with Crippen molar-refractivity contribution in [3.8, 4) is 11.5 Å². The minimum Gasteiger partial charge on any atom is -0.494 e. The van der Waals surface area contributed by atoms with Crippen molar-refractivity contribution in [2.24, 2.45) is 5.73 Å². The second-order valence-electron chi connectivity index (χ2n) is 5.40. The molecule has 0 radical (unpaired) electrons. The van der Waals surface area contributed by atoms with Crippen molar-refractivity contribution in [3.63, 3.8) is 0 Å². The van der Waals surface area contributed by atoms with Gasteiger partial charge in [-0.1, -0.05) is 24.3 Å². The van der Waals surface area contributed by atoms with E-state index in [0.29, 0.717) is 13.2 Å². The molecular formula is C19H25NO2. The van der Waals surface area contributed by atoms with Crippen LogP contribution < -0.4 is 15.2 Å². The maximum atomic E-state index is 5.72. The molecule has 0 amide bonds. The van der Waals surface area contributed by atoms with Crippen molar-refractivity contribution >= 4 is 0 Å². The van der Waals surface area contributed by atoms with E-state index < -0.39 is 0 Å². The van der Waals surface area contributed by atoms with Gasteiger partial charge in [-0.15, -0.1) is 0 Å². The number of aryl methyl sites for hydroxylation is 1. The molecule has 2 aromatic carbocycles. The van der Waals surface area contributed by atoms with E-state index in [-0.39, 0.29) is 0 Å². The molecule has 3 nitrogen and oxygen atoms in total. The Hall–Kier alpha value is -2.00. The van der Waals surface area contributed by atoms with E-state index in [0.717, 1.165) is 37.4 Å². The molecule has 22 heavy (non-hydrogen) atoms. The molecule has 0 spiro atoms. The Morgan fingerprint density at radius 2 is 1.55 bits per heavy atom. The van der Waals surface area contributed by atoms with Crippen molar-refractivity contribution < 1.29 is 9.47 Å². The van der Waals surface area contributed by atoms with Gasteiger partial charge in [-0.2, -0.15) is 0 Å². The third kappa shape index (κ3) is 5.78. The zero-order valence-corrected chi connectivity index (χ0v) is 13.3. The van der Waals surface area contributed by atoms with Gasteiger partial charge in [0, 0.05) is 0 Å². The van der Waals surface area contributed by atoms with Gasteiger partial charge in [-0.25, -0.2) is 0 Å². The summed E-state index contributed by atoms with van der Waals surface area (Å²) in [7, 11) is 0. The van der Waals surface area contributed by atoms with E-state index in [4.69, 9.17) is 15.2 Å². The monoisotopic (exact) mass is 299 g/mol. The average molecular weight is 299 g/mol. The van der Waals surface area contributed by atoms with Crippen molar-refractivity contribution in [2.75, 3.05) is 19.8 Å². The summed E-state index contributed by atoms with van der Waals surface area (Å²) in [5.41, 5.74) is 8.00. The molecule has 2 aromatic rings. The van der Waals surface area contributed by atoms with Crippen LogP contribution >= 0.6 is 0 Å². The van der Waals surface area contributed by atoms with Gasteiger partial charge in [-0.3, -0.25) is 0 Å². The van der Waals surface area contributed by atoms with Gasteiger partial charge >= 0.3 is 0 Å². The molecule has 0 heterocycles. The van der Waals surface area contributed by atoms with Crippen LogP contribution in [0.5, 0.6) is 11.5 Å². The number of benzene rings is 2. The number of ether oxygens (including phenoxy) is 2. The van der Waals surface area contributed by atoms with E-state index >= 15 is 0 Å². The van der Waals surface area contributed by atoms with Gasteiger partial charge in [0.1, 0.15) is 11.5 Å². The summed E-state index contributed by atoms with van der Waals surface area (Å²) in [6, 6.07) is 16.3. The van der Waals surface area contributed by atoms with Gasteiger partial charge in [0.2, 0.25) is 0 Å². The lowest BCUT2D eigenvalue weighted by molar-refractivity contribution is 0.266. The number of hydrogen-bond donors (Lipinski definition) is 1. The maximum absolute atomic E-state index is 5.72. The van der Waals surface area contributed by atoms with Crippen molar-refractivity contribution in [2.45, 2.75) is 26.2 Å². The second-order valence-corrected chi connectivity index (χ2v) is 5.40. The highest BCUT2D eigenvalue weighted by atomic mass is 16.5. The van der Waals surface area contributed by atoms with E-state index in [2.05, 4.69) is 31.2 Å². The summed E-state index contributed by atoms with van der Waals surface area (Å²) in [5.74, 6) is 1.86. The molecule has 0 saturated heterocycles. The molecule has 0 bridgehead atoms. The Bertz CT molecular complexity index is 552. The quantitative estimate of drug-likeness (QED) is 0.717. The smallest absolute Gasteiger partial charge is 0.119 e. The fraction of sp³-hybridized carbons (Fsp3) is 0.368.